The van der Waals surface area contributed by atoms with Crippen LogP contribution in [0.1, 0.15) is 30.9 Å². The topological polar surface area (TPSA) is 111 Å². The minimum absolute atomic E-state index is 0.0586. The molecule has 0 spiro atoms. The monoisotopic (exact) mass is 501 g/mol. The Kier molecular flexibility index (Phi) is 7.57. The number of methoxy groups -OCH3 is 1. The zero-order chi connectivity index (χ0) is 23.6. The normalized spacial score (nSPS) is 14.8. The van der Waals surface area contributed by atoms with Crippen molar-refractivity contribution in [2.75, 3.05) is 20.2 Å². The fourth-order valence-corrected chi connectivity index (χ4v) is 4.58. The Morgan fingerprint density at radius 1 is 1.25 bits per heavy atom. The van der Waals surface area contributed by atoms with Gasteiger partial charge in [-0.2, -0.15) is 12.7 Å². The summed E-state index contributed by atoms with van der Waals surface area (Å²) in [5.41, 5.74) is 1.59. The molecule has 1 aliphatic rings. The van der Waals surface area contributed by atoms with Gasteiger partial charge in [0, 0.05) is 25.2 Å². The van der Waals surface area contributed by atoms with Gasteiger partial charge in [-0.05, 0) is 35.7 Å². The molecule has 1 heterocycles. The van der Waals surface area contributed by atoms with Gasteiger partial charge in [0.2, 0.25) is 5.91 Å². The quantitative estimate of drug-likeness (QED) is 0.573. The average Bonchev–Trinajstić information content (AvgIpc) is 2.68. The molecule has 1 aliphatic heterocycles. The number of carbonyl (C=O) groups is 1. The first kappa shape index (κ1) is 24.6. The number of ether oxygens (including phenoxy) is 2. The van der Waals surface area contributed by atoms with Crippen molar-refractivity contribution in [3.8, 4) is 17.2 Å². The molecule has 3 N–H and O–H groups in total. The Bertz CT molecular complexity index is 1120. The number of carbonyl (C=O) groups excluding carboxylic acids is 1. The van der Waals surface area contributed by atoms with Gasteiger partial charge in [0.15, 0.2) is 5.75 Å². The largest absolute Gasteiger partial charge is 0.496 e. The van der Waals surface area contributed by atoms with Crippen molar-refractivity contribution >= 4 is 39.3 Å². The molecule has 0 radical (unpaired) electrons. The molecule has 1 saturated heterocycles. The summed E-state index contributed by atoms with van der Waals surface area (Å²) in [6.45, 7) is 4.35. The van der Waals surface area contributed by atoms with Crippen molar-refractivity contribution in [3.05, 3.63) is 51.5 Å². The van der Waals surface area contributed by atoms with E-state index in [1.54, 1.807) is 25.3 Å². The van der Waals surface area contributed by atoms with Crippen LogP contribution in [0.15, 0.2) is 30.3 Å². The van der Waals surface area contributed by atoms with Gasteiger partial charge in [-0.25, -0.2) is 5.14 Å². The van der Waals surface area contributed by atoms with Gasteiger partial charge in [-0.1, -0.05) is 43.1 Å². The first-order valence-electron chi connectivity index (χ1n) is 9.89. The molecule has 174 valence electrons. The summed E-state index contributed by atoms with van der Waals surface area (Å²) in [6.07, 6.45) is 0. The third-order valence-corrected chi connectivity index (χ3v) is 6.93. The lowest BCUT2D eigenvalue weighted by Crippen LogP contribution is -2.57. The van der Waals surface area contributed by atoms with Gasteiger partial charge < -0.3 is 14.8 Å². The van der Waals surface area contributed by atoms with Gasteiger partial charge in [0.1, 0.15) is 11.5 Å². The third-order valence-electron chi connectivity index (χ3n) is 5.20. The van der Waals surface area contributed by atoms with Crippen LogP contribution < -0.4 is 19.9 Å². The van der Waals surface area contributed by atoms with Crippen LogP contribution in [0.3, 0.4) is 0 Å². The lowest BCUT2D eigenvalue weighted by molar-refractivity contribution is -0.128. The number of hydrogen-bond acceptors (Lipinski definition) is 5. The lowest BCUT2D eigenvalue weighted by Gasteiger charge is -2.35. The van der Waals surface area contributed by atoms with E-state index in [1.807, 2.05) is 12.1 Å². The SMILES string of the molecule is COc1ccc(Oc2c(Cl)ccc(CNC(=O)C3CN(S(N)(=O)=O)C3)c2Cl)cc1C(C)C. The highest BCUT2D eigenvalue weighted by Gasteiger charge is 2.38. The first-order chi connectivity index (χ1) is 15.0. The summed E-state index contributed by atoms with van der Waals surface area (Å²) < 4.78 is 34.9. The Hall–Kier alpha value is -2.04. The highest BCUT2D eigenvalue weighted by molar-refractivity contribution is 7.86. The summed E-state index contributed by atoms with van der Waals surface area (Å²) in [5, 5.41) is 8.41. The number of amides is 1. The first-order valence-corrected chi connectivity index (χ1v) is 12.2. The molecule has 0 aromatic heterocycles. The predicted octanol–water partition coefficient (Wildman–Crippen LogP) is 3.67. The molecule has 0 atom stereocenters. The summed E-state index contributed by atoms with van der Waals surface area (Å²) in [7, 11) is -2.15. The molecular weight excluding hydrogens is 477 g/mol. The summed E-state index contributed by atoms with van der Waals surface area (Å²) in [6, 6.07) is 8.80. The number of nitrogens with one attached hydrogen (secondary N) is 1. The lowest BCUT2D eigenvalue weighted by atomic mass is 10.0. The van der Waals surface area contributed by atoms with E-state index >= 15 is 0 Å². The van der Waals surface area contributed by atoms with Crippen LogP contribution in [-0.2, 0) is 21.5 Å². The molecule has 11 heteroatoms. The van der Waals surface area contributed by atoms with Gasteiger partial charge in [-0.3, -0.25) is 4.79 Å². The molecule has 0 unspecified atom stereocenters. The number of nitrogens with zero attached hydrogens (tertiary/aromatic N) is 1. The summed E-state index contributed by atoms with van der Waals surface area (Å²) in [4.78, 5) is 12.3. The van der Waals surface area contributed by atoms with E-state index in [-0.39, 0.29) is 42.2 Å². The van der Waals surface area contributed by atoms with Crippen LogP contribution in [-0.4, -0.2) is 38.8 Å². The van der Waals surface area contributed by atoms with Crippen molar-refractivity contribution in [3.63, 3.8) is 0 Å². The molecule has 8 nitrogen and oxygen atoms in total. The second-order valence-electron chi connectivity index (χ2n) is 7.79. The predicted molar refractivity (Wildman–Crippen MR) is 124 cm³/mol. The summed E-state index contributed by atoms with van der Waals surface area (Å²) in [5.74, 6) is 1.08. The van der Waals surface area contributed by atoms with E-state index in [4.69, 9.17) is 37.8 Å². The molecule has 0 bridgehead atoms. The van der Waals surface area contributed by atoms with Crippen molar-refractivity contribution in [1.29, 1.82) is 0 Å². The van der Waals surface area contributed by atoms with E-state index in [1.165, 1.54) is 0 Å². The highest BCUT2D eigenvalue weighted by Crippen LogP contribution is 2.40. The minimum atomic E-state index is -3.77. The highest BCUT2D eigenvalue weighted by atomic mass is 35.5. The fraction of sp³-hybridized carbons (Fsp3) is 0.381. The number of hydrogen-bond donors (Lipinski definition) is 2. The maximum absolute atomic E-state index is 12.3. The van der Waals surface area contributed by atoms with Crippen LogP contribution in [0, 0.1) is 5.92 Å². The smallest absolute Gasteiger partial charge is 0.276 e. The van der Waals surface area contributed by atoms with E-state index in [9.17, 15) is 13.2 Å². The van der Waals surface area contributed by atoms with Crippen molar-refractivity contribution in [2.45, 2.75) is 26.3 Å². The number of nitrogens with two attached hydrogens (primary N) is 1. The zero-order valence-electron chi connectivity index (χ0n) is 17.9. The number of benzene rings is 2. The maximum Gasteiger partial charge on any atom is 0.276 e. The fourth-order valence-electron chi connectivity index (χ4n) is 3.29. The van der Waals surface area contributed by atoms with Crippen LogP contribution in [0.4, 0.5) is 0 Å². The van der Waals surface area contributed by atoms with E-state index in [0.29, 0.717) is 16.3 Å². The Labute approximate surface area is 197 Å². The van der Waals surface area contributed by atoms with Crippen LogP contribution >= 0.6 is 23.2 Å². The molecule has 1 amide bonds. The Balaban J connectivity index is 1.71. The summed E-state index contributed by atoms with van der Waals surface area (Å²) >= 11 is 12.8. The van der Waals surface area contributed by atoms with E-state index < -0.39 is 16.1 Å². The molecule has 0 saturated carbocycles. The number of rotatable bonds is 8. The minimum Gasteiger partial charge on any atom is -0.496 e. The molecule has 1 fully saturated rings. The van der Waals surface area contributed by atoms with Gasteiger partial charge >= 0.3 is 0 Å². The number of halogens is 2. The molecule has 3 rings (SSSR count). The van der Waals surface area contributed by atoms with Crippen LogP contribution in [0.2, 0.25) is 10.0 Å². The van der Waals surface area contributed by atoms with Gasteiger partial charge in [-0.15, -0.1) is 0 Å². The second kappa shape index (κ2) is 9.84. The zero-order valence-corrected chi connectivity index (χ0v) is 20.2. The standard InChI is InChI=1S/C21H25Cl2N3O5S/c1-12(2)16-8-15(5-7-18(16)30-3)31-20-17(22)6-4-13(19(20)23)9-25-21(27)14-10-26(11-14)32(24,28)29/h4-8,12,14H,9-11H2,1-3H3,(H,25,27)(H2,24,28,29). The van der Waals surface area contributed by atoms with Crippen LogP contribution in [0.5, 0.6) is 17.2 Å². The van der Waals surface area contributed by atoms with Crippen LogP contribution in [0.25, 0.3) is 0 Å². The van der Waals surface area contributed by atoms with Crippen molar-refractivity contribution < 1.29 is 22.7 Å². The molecular formula is C21H25Cl2N3O5S. The molecule has 32 heavy (non-hydrogen) atoms. The second-order valence-corrected chi connectivity index (χ2v) is 10.1. The molecule has 0 aliphatic carbocycles. The van der Waals surface area contributed by atoms with E-state index in [2.05, 4.69) is 19.2 Å². The molecule has 2 aromatic rings. The Morgan fingerprint density at radius 3 is 2.53 bits per heavy atom. The van der Waals surface area contributed by atoms with Gasteiger partial charge in [0.05, 0.1) is 23.1 Å². The maximum atomic E-state index is 12.3. The third kappa shape index (κ3) is 5.47. The van der Waals surface area contributed by atoms with Crippen molar-refractivity contribution in [1.82, 2.24) is 9.62 Å². The van der Waals surface area contributed by atoms with E-state index in [0.717, 1.165) is 15.6 Å². The molecule has 2 aromatic carbocycles. The van der Waals surface area contributed by atoms with Gasteiger partial charge in [0.25, 0.3) is 10.2 Å². The van der Waals surface area contributed by atoms with Crippen molar-refractivity contribution in [2.24, 2.45) is 11.1 Å². The Morgan fingerprint density at radius 2 is 1.94 bits per heavy atom. The average molecular weight is 502 g/mol.